The number of imide groups is 1. The SMILES string of the molecule is Cc1ccccc1C(=O)NC(=O)Nc1ccc(-c2ccc(Br)cc2)c(C)n1. The predicted octanol–water partition coefficient (Wildman–Crippen LogP) is 5.09. The van der Waals surface area contributed by atoms with Crippen molar-refractivity contribution >= 4 is 33.7 Å². The lowest BCUT2D eigenvalue weighted by Crippen LogP contribution is -2.35. The summed E-state index contributed by atoms with van der Waals surface area (Å²) in [6, 6.07) is 18.0. The largest absolute Gasteiger partial charge is 0.327 e. The van der Waals surface area contributed by atoms with Crippen molar-refractivity contribution in [1.82, 2.24) is 10.3 Å². The molecule has 3 rings (SSSR count). The van der Waals surface area contributed by atoms with Gasteiger partial charge in [-0.3, -0.25) is 15.4 Å². The van der Waals surface area contributed by atoms with E-state index in [4.69, 9.17) is 0 Å². The first-order chi connectivity index (χ1) is 12.9. The highest BCUT2D eigenvalue weighted by Crippen LogP contribution is 2.25. The van der Waals surface area contributed by atoms with Crippen molar-refractivity contribution < 1.29 is 9.59 Å². The van der Waals surface area contributed by atoms with Gasteiger partial charge in [0, 0.05) is 21.3 Å². The lowest BCUT2D eigenvalue weighted by atomic mass is 10.0. The fourth-order valence-electron chi connectivity index (χ4n) is 2.71. The van der Waals surface area contributed by atoms with Gasteiger partial charge in [-0.15, -0.1) is 0 Å². The van der Waals surface area contributed by atoms with Crippen LogP contribution in [0.5, 0.6) is 0 Å². The molecule has 3 aromatic rings. The molecule has 2 N–H and O–H groups in total. The Kier molecular flexibility index (Phi) is 5.66. The number of rotatable bonds is 3. The van der Waals surface area contributed by atoms with E-state index in [2.05, 4.69) is 31.5 Å². The molecule has 0 unspecified atom stereocenters. The highest BCUT2D eigenvalue weighted by atomic mass is 79.9. The summed E-state index contributed by atoms with van der Waals surface area (Å²) in [5.41, 5.74) is 4.05. The summed E-state index contributed by atoms with van der Waals surface area (Å²) in [4.78, 5) is 28.7. The van der Waals surface area contributed by atoms with Gasteiger partial charge in [0.05, 0.1) is 0 Å². The first-order valence-electron chi connectivity index (χ1n) is 8.35. The molecule has 27 heavy (non-hydrogen) atoms. The number of anilines is 1. The van der Waals surface area contributed by atoms with Crippen molar-refractivity contribution in [2.75, 3.05) is 5.32 Å². The van der Waals surface area contributed by atoms with Gasteiger partial charge in [0.2, 0.25) is 0 Å². The Bertz CT molecular complexity index is 1000. The standard InChI is InChI=1S/C21H18BrN3O2/c1-13-5-3-4-6-17(13)20(26)25-21(27)24-19-12-11-18(14(2)23-19)15-7-9-16(22)10-8-15/h3-12H,1-2H3,(H2,23,24,25,26,27). The Balaban J connectivity index is 1.69. The van der Waals surface area contributed by atoms with E-state index >= 15 is 0 Å². The minimum atomic E-state index is -0.619. The molecule has 0 atom stereocenters. The van der Waals surface area contributed by atoms with Crippen molar-refractivity contribution in [3.05, 3.63) is 82.0 Å². The number of halogens is 1. The molecule has 0 fully saturated rings. The van der Waals surface area contributed by atoms with Gasteiger partial charge < -0.3 is 0 Å². The zero-order valence-corrected chi connectivity index (χ0v) is 16.5. The number of hydrogen-bond acceptors (Lipinski definition) is 3. The Labute approximate surface area is 166 Å². The van der Waals surface area contributed by atoms with Crippen molar-refractivity contribution in [2.45, 2.75) is 13.8 Å². The monoisotopic (exact) mass is 423 g/mol. The van der Waals surface area contributed by atoms with Crippen LogP contribution in [0.2, 0.25) is 0 Å². The molecule has 0 aliphatic rings. The van der Waals surface area contributed by atoms with Crippen LogP contribution in [0.15, 0.2) is 65.1 Å². The number of amides is 3. The number of nitrogens with zero attached hydrogens (tertiary/aromatic N) is 1. The van der Waals surface area contributed by atoms with Gasteiger partial charge in [-0.2, -0.15) is 0 Å². The van der Waals surface area contributed by atoms with E-state index in [1.165, 1.54) is 0 Å². The molecule has 0 aliphatic heterocycles. The van der Waals surface area contributed by atoms with Crippen molar-refractivity contribution in [3.63, 3.8) is 0 Å². The second-order valence-electron chi connectivity index (χ2n) is 6.06. The van der Waals surface area contributed by atoms with Crippen LogP contribution in [0.25, 0.3) is 11.1 Å². The van der Waals surface area contributed by atoms with Gasteiger partial charge in [0.1, 0.15) is 5.82 Å². The number of nitrogens with one attached hydrogen (secondary N) is 2. The van der Waals surface area contributed by atoms with Crippen molar-refractivity contribution in [2.24, 2.45) is 0 Å². The maximum Gasteiger partial charge on any atom is 0.327 e. The second kappa shape index (κ2) is 8.14. The smallest absolute Gasteiger partial charge is 0.292 e. The Morgan fingerprint density at radius 2 is 1.63 bits per heavy atom. The van der Waals surface area contributed by atoms with Crippen LogP contribution in [-0.2, 0) is 0 Å². The third-order valence-corrected chi connectivity index (χ3v) is 4.63. The van der Waals surface area contributed by atoms with E-state index in [1.54, 1.807) is 18.2 Å². The molecular weight excluding hydrogens is 406 g/mol. The molecule has 0 bridgehead atoms. The number of hydrogen-bond donors (Lipinski definition) is 2. The van der Waals surface area contributed by atoms with Crippen LogP contribution in [-0.4, -0.2) is 16.9 Å². The first-order valence-corrected chi connectivity index (χ1v) is 9.15. The lowest BCUT2D eigenvalue weighted by Gasteiger charge is -2.10. The average Bonchev–Trinajstić information content (AvgIpc) is 2.63. The maximum atomic E-state index is 12.2. The summed E-state index contributed by atoms with van der Waals surface area (Å²) in [6.07, 6.45) is 0. The Morgan fingerprint density at radius 1 is 0.926 bits per heavy atom. The summed E-state index contributed by atoms with van der Waals surface area (Å²) in [6.45, 7) is 3.69. The van der Waals surface area contributed by atoms with Gasteiger partial charge in [0.15, 0.2) is 0 Å². The second-order valence-corrected chi connectivity index (χ2v) is 6.98. The zero-order chi connectivity index (χ0) is 19.4. The van der Waals surface area contributed by atoms with Gasteiger partial charge in [-0.05, 0) is 55.3 Å². The highest BCUT2D eigenvalue weighted by Gasteiger charge is 2.13. The van der Waals surface area contributed by atoms with Crippen molar-refractivity contribution in [1.29, 1.82) is 0 Å². The van der Waals surface area contributed by atoms with E-state index in [-0.39, 0.29) is 0 Å². The molecule has 0 aliphatic carbocycles. The maximum absolute atomic E-state index is 12.2. The number of aryl methyl sites for hydroxylation is 2. The molecular formula is C21H18BrN3O2. The molecule has 1 heterocycles. The van der Waals surface area contributed by atoms with Crippen LogP contribution in [0.1, 0.15) is 21.6 Å². The number of urea groups is 1. The van der Waals surface area contributed by atoms with E-state index in [0.717, 1.165) is 26.9 Å². The molecule has 0 saturated heterocycles. The third kappa shape index (κ3) is 4.60. The van der Waals surface area contributed by atoms with Gasteiger partial charge in [-0.25, -0.2) is 9.78 Å². The average molecular weight is 424 g/mol. The molecule has 0 saturated carbocycles. The molecule has 1 aromatic heterocycles. The van der Waals surface area contributed by atoms with Crippen LogP contribution < -0.4 is 10.6 Å². The molecule has 3 amide bonds. The lowest BCUT2D eigenvalue weighted by molar-refractivity contribution is 0.0966. The summed E-state index contributed by atoms with van der Waals surface area (Å²) < 4.78 is 1.00. The molecule has 0 radical (unpaired) electrons. The van der Waals surface area contributed by atoms with Gasteiger partial charge in [-0.1, -0.05) is 46.3 Å². The Hall–Kier alpha value is -2.99. The fourth-order valence-corrected chi connectivity index (χ4v) is 2.98. The minimum Gasteiger partial charge on any atom is -0.292 e. The topological polar surface area (TPSA) is 71.1 Å². The first kappa shape index (κ1) is 18.8. The summed E-state index contributed by atoms with van der Waals surface area (Å²) in [5.74, 6) is -0.0720. The summed E-state index contributed by atoms with van der Waals surface area (Å²) in [5, 5.41) is 4.92. The van der Waals surface area contributed by atoms with Crippen LogP contribution >= 0.6 is 15.9 Å². The fraction of sp³-hybridized carbons (Fsp3) is 0.0952. The van der Waals surface area contributed by atoms with Gasteiger partial charge in [0.25, 0.3) is 5.91 Å². The molecule has 0 spiro atoms. The minimum absolute atomic E-state index is 0.378. The quantitative estimate of drug-likeness (QED) is 0.615. The zero-order valence-electron chi connectivity index (χ0n) is 14.9. The van der Waals surface area contributed by atoms with E-state index < -0.39 is 11.9 Å². The number of aromatic nitrogens is 1. The number of carbonyl (C=O) groups excluding carboxylic acids is 2. The van der Waals surface area contributed by atoms with E-state index in [9.17, 15) is 9.59 Å². The van der Waals surface area contributed by atoms with E-state index in [1.807, 2.05) is 56.3 Å². The van der Waals surface area contributed by atoms with Crippen LogP contribution in [0, 0.1) is 13.8 Å². The van der Waals surface area contributed by atoms with Gasteiger partial charge >= 0.3 is 6.03 Å². The predicted molar refractivity (Wildman–Crippen MR) is 110 cm³/mol. The normalized spacial score (nSPS) is 10.3. The Morgan fingerprint density at radius 3 is 2.30 bits per heavy atom. The molecule has 6 heteroatoms. The van der Waals surface area contributed by atoms with Crippen LogP contribution in [0.3, 0.4) is 0 Å². The summed E-state index contributed by atoms with van der Waals surface area (Å²) >= 11 is 3.42. The third-order valence-electron chi connectivity index (χ3n) is 4.10. The number of carbonyl (C=O) groups is 2. The van der Waals surface area contributed by atoms with Crippen molar-refractivity contribution in [3.8, 4) is 11.1 Å². The highest BCUT2D eigenvalue weighted by molar-refractivity contribution is 9.10. The van der Waals surface area contributed by atoms with Crippen LogP contribution in [0.4, 0.5) is 10.6 Å². The molecule has 136 valence electrons. The summed E-state index contributed by atoms with van der Waals surface area (Å²) in [7, 11) is 0. The van der Waals surface area contributed by atoms with E-state index in [0.29, 0.717) is 11.4 Å². The molecule has 5 nitrogen and oxygen atoms in total. The molecule has 2 aromatic carbocycles. The number of benzene rings is 2. The number of pyridine rings is 1.